The summed E-state index contributed by atoms with van der Waals surface area (Å²) >= 11 is 0. The lowest BCUT2D eigenvalue weighted by Crippen LogP contribution is -2.60. The zero-order valence-corrected chi connectivity index (χ0v) is 12.6. The molecule has 0 saturated carbocycles. The van der Waals surface area contributed by atoms with E-state index < -0.39 is 0 Å². The molecule has 0 radical (unpaired) electrons. The maximum Gasteiger partial charge on any atom is 0.237 e. The first-order valence-corrected chi connectivity index (χ1v) is 7.92. The molecule has 3 rings (SSSR count). The van der Waals surface area contributed by atoms with E-state index in [4.69, 9.17) is 0 Å². The predicted molar refractivity (Wildman–Crippen MR) is 78.1 cm³/mol. The number of rotatable bonds is 6. The molecule has 1 amide bonds. The van der Waals surface area contributed by atoms with Crippen molar-refractivity contribution < 1.29 is 4.79 Å². The van der Waals surface area contributed by atoms with Gasteiger partial charge in [-0.25, -0.2) is 0 Å². The summed E-state index contributed by atoms with van der Waals surface area (Å²) in [6, 6.07) is 0.749. The van der Waals surface area contributed by atoms with Crippen LogP contribution in [0, 0.1) is 5.92 Å². The van der Waals surface area contributed by atoms with Crippen LogP contribution in [0.2, 0.25) is 0 Å². The van der Waals surface area contributed by atoms with Crippen LogP contribution in [0.3, 0.4) is 0 Å². The Labute approximate surface area is 117 Å². The van der Waals surface area contributed by atoms with E-state index in [9.17, 15) is 4.79 Å². The van der Waals surface area contributed by atoms with Gasteiger partial charge in [0.25, 0.3) is 0 Å². The van der Waals surface area contributed by atoms with Crippen LogP contribution in [0.15, 0.2) is 0 Å². The summed E-state index contributed by atoms with van der Waals surface area (Å²) in [5.41, 5.74) is 0. The highest BCUT2D eigenvalue weighted by atomic mass is 16.2. The molecule has 3 fully saturated rings. The molecule has 19 heavy (non-hydrogen) atoms. The average molecular weight is 267 g/mol. The fourth-order valence-corrected chi connectivity index (χ4v) is 3.37. The second-order valence-electron chi connectivity index (χ2n) is 6.15. The summed E-state index contributed by atoms with van der Waals surface area (Å²) in [6.07, 6.45) is 4.60. The molecule has 0 aromatic carbocycles. The number of nitrogens with zero attached hydrogens (tertiary/aromatic N) is 1. The Morgan fingerprint density at radius 3 is 2.37 bits per heavy atom. The molecule has 3 aliphatic heterocycles. The molecule has 3 aliphatic rings. The molecule has 2 bridgehead atoms. The van der Waals surface area contributed by atoms with Crippen molar-refractivity contribution in [2.75, 3.05) is 19.6 Å². The fourth-order valence-electron chi connectivity index (χ4n) is 3.37. The minimum atomic E-state index is -0.0776. The lowest BCUT2D eigenvalue weighted by Gasteiger charge is -2.45. The van der Waals surface area contributed by atoms with Gasteiger partial charge in [0.05, 0.1) is 6.04 Å². The van der Waals surface area contributed by atoms with Crippen LogP contribution in [0.4, 0.5) is 0 Å². The van der Waals surface area contributed by atoms with Crippen molar-refractivity contribution >= 4 is 5.91 Å². The number of amides is 1. The highest BCUT2D eigenvalue weighted by Crippen LogP contribution is 2.27. The molecular formula is C15H29N3O. The Hall–Kier alpha value is -0.610. The van der Waals surface area contributed by atoms with Crippen LogP contribution in [-0.2, 0) is 4.79 Å². The SMILES string of the molecule is CCC(CC)NC(=O)C(C)NC1CN2CCC1CC2. The first kappa shape index (κ1) is 14.8. The van der Waals surface area contributed by atoms with E-state index in [1.54, 1.807) is 0 Å². The number of hydrogen-bond donors (Lipinski definition) is 2. The van der Waals surface area contributed by atoms with E-state index in [0.29, 0.717) is 12.1 Å². The highest BCUT2D eigenvalue weighted by molar-refractivity contribution is 5.81. The molecule has 2 N–H and O–H groups in total. The van der Waals surface area contributed by atoms with E-state index in [0.717, 1.165) is 25.3 Å². The Morgan fingerprint density at radius 2 is 1.89 bits per heavy atom. The van der Waals surface area contributed by atoms with Gasteiger partial charge >= 0.3 is 0 Å². The molecule has 4 heteroatoms. The van der Waals surface area contributed by atoms with Crippen molar-refractivity contribution in [1.29, 1.82) is 0 Å². The van der Waals surface area contributed by atoms with Crippen molar-refractivity contribution in [3.05, 3.63) is 0 Å². The predicted octanol–water partition coefficient (Wildman–Crippen LogP) is 1.36. The topological polar surface area (TPSA) is 44.4 Å². The lowest BCUT2D eigenvalue weighted by atomic mass is 9.83. The maximum atomic E-state index is 12.2. The molecule has 110 valence electrons. The number of fused-ring (bicyclic) bond motifs is 3. The van der Waals surface area contributed by atoms with Crippen LogP contribution in [-0.4, -0.2) is 48.6 Å². The second-order valence-corrected chi connectivity index (χ2v) is 6.15. The molecule has 0 aromatic heterocycles. The number of nitrogens with one attached hydrogen (secondary N) is 2. The van der Waals surface area contributed by atoms with Crippen molar-refractivity contribution in [3.63, 3.8) is 0 Å². The molecule has 3 saturated heterocycles. The second kappa shape index (κ2) is 6.71. The van der Waals surface area contributed by atoms with E-state index in [1.807, 2.05) is 6.92 Å². The minimum absolute atomic E-state index is 0.0776. The molecule has 3 heterocycles. The third kappa shape index (κ3) is 3.69. The van der Waals surface area contributed by atoms with Gasteiger partial charge in [-0.15, -0.1) is 0 Å². The third-order valence-corrected chi connectivity index (χ3v) is 4.85. The zero-order chi connectivity index (χ0) is 13.8. The molecule has 2 atom stereocenters. The summed E-state index contributed by atoms with van der Waals surface area (Å²) in [5.74, 6) is 0.929. The van der Waals surface area contributed by atoms with Crippen LogP contribution >= 0.6 is 0 Å². The van der Waals surface area contributed by atoms with E-state index in [1.165, 1.54) is 25.9 Å². The first-order chi connectivity index (χ1) is 9.13. The molecule has 2 unspecified atom stereocenters. The van der Waals surface area contributed by atoms with E-state index in [2.05, 4.69) is 29.4 Å². The summed E-state index contributed by atoms with van der Waals surface area (Å²) in [6.45, 7) is 9.86. The van der Waals surface area contributed by atoms with Crippen LogP contribution in [0.1, 0.15) is 46.5 Å². The Balaban J connectivity index is 1.80. The molecule has 4 nitrogen and oxygen atoms in total. The van der Waals surface area contributed by atoms with Gasteiger partial charge in [0, 0.05) is 18.6 Å². The summed E-state index contributed by atoms with van der Waals surface area (Å²) < 4.78 is 0. The highest BCUT2D eigenvalue weighted by Gasteiger charge is 2.35. The Kier molecular flexibility index (Phi) is 5.22. The van der Waals surface area contributed by atoms with E-state index >= 15 is 0 Å². The van der Waals surface area contributed by atoms with Gasteiger partial charge in [-0.1, -0.05) is 13.8 Å². The summed E-state index contributed by atoms with van der Waals surface area (Å²) in [5, 5.41) is 6.68. The van der Waals surface area contributed by atoms with Gasteiger partial charge in [-0.05, 0) is 51.6 Å². The van der Waals surface area contributed by atoms with Gasteiger partial charge in [0.1, 0.15) is 0 Å². The van der Waals surface area contributed by atoms with Gasteiger partial charge in [-0.2, -0.15) is 0 Å². The lowest BCUT2D eigenvalue weighted by molar-refractivity contribution is -0.124. The van der Waals surface area contributed by atoms with Crippen molar-refractivity contribution in [3.8, 4) is 0 Å². The normalized spacial score (nSPS) is 31.5. The Morgan fingerprint density at radius 1 is 1.26 bits per heavy atom. The molecule has 0 aliphatic carbocycles. The zero-order valence-electron chi connectivity index (χ0n) is 12.6. The van der Waals surface area contributed by atoms with Crippen molar-refractivity contribution in [2.24, 2.45) is 5.92 Å². The Bertz CT molecular complexity index is 296. The fraction of sp³-hybridized carbons (Fsp3) is 0.933. The van der Waals surface area contributed by atoms with Crippen LogP contribution < -0.4 is 10.6 Å². The van der Waals surface area contributed by atoms with Gasteiger partial charge in [0.15, 0.2) is 0 Å². The largest absolute Gasteiger partial charge is 0.352 e. The molecule has 0 spiro atoms. The number of carbonyl (C=O) groups excluding carboxylic acids is 1. The van der Waals surface area contributed by atoms with Crippen molar-refractivity contribution in [2.45, 2.75) is 64.6 Å². The van der Waals surface area contributed by atoms with Gasteiger partial charge < -0.3 is 15.5 Å². The van der Waals surface area contributed by atoms with Gasteiger partial charge in [-0.3, -0.25) is 4.79 Å². The first-order valence-electron chi connectivity index (χ1n) is 7.92. The standard InChI is InChI=1S/C15H29N3O/c1-4-13(5-2)17-15(19)11(3)16-14-10-18-8-6-12(14)7-9-18/h11-14,16H,4-10H2,1-3H3,(H,17,19). The number of piperidine rings is 3. The molecule has 0 aromatic rings. The van der Waals surface area contributed by atoms with E-state index in [-0.39, 0.29) is 11.9 Å². The third-order valence-electron chi connectivity index (χ3n) is 4.85. The number of hydrogen-bond acceptors (Lipinski definition) is 3. The average Bonchev–Trinajstić information content (AvgIpc) is 2.45. The smallest absolute Gasteiger partial charge is 0.237 e. The van der Waals surface area contributed by atoms with Crippen LogP contribution in [0.5, 0.6) is 0 Å². The van der Waals surface area contributed by atoms with Crippen LogP contribution in [0.25, 0.3) is 0 Å². The number of carbonyl (C=O) groups is 1. The van der Waals surface area contributed by atoms with Crippen molar-refractivity contribution in [1.82, 2.24) is 15.5 Å². The summed E-state index contributed by atoms with van der Waals surface area (Å²) in [4.78, 5) is 14.7. The maximum absolute atomic E-state index is 12.2. The minimum Gasteiger partial charge on any atom is -0.352 e. The quantitative estimate of drug-likeness (QED) is 0.764. The monoisotopic (exact) mass is 267 g/mol. The van der Waals surface area contributed by atoms with Gasteiger partial charge in [0.2, 0.25) is 5.91 Å². The summed E-state index contributed by atoms with van der Waals surface area (Å²) in [7, 11) is 0. The molecular weight excluding hydrogens is 238 g/mol.